The van der Waals surface area contributed by atoms with Crippen molar-refractivity contribution in [1.29, 1.82) is 0 Å². The van der Waals surface area contributed by atoms with Crippen LogP contribution in [0.3, 0.4) is 0 Å². The molecule has 1 aromatic rings. The molecule has 0 radical (unpaired) electrons. The molecule has 0 bridgehead atoms. The highest BCUT2D eigenvalue weighted by molar-refractivity contribution is 9.10. The van der Waals surface area contributed by atoms with Crippen molar-refractivity contribution in [3.8, 4) is 0 Å². The van der Waals surface area contributed by atoms with Crippen LogP contribution in [0.4, 0.5) is 5.69 Å². The minimum atomic E-state index is -0.709. The van der Waals surface area contributed by atoms with Crippen molar-refractivity contribution in [3.63, 3.8) is 0 Å². The normalized spacial score (nSPS) is 12.4. The second-order valence-electron chi connectivity index (χ2n) is 5.30. The van der Waals surface area contributed by atoms with Crippen molar-refractivity contribution in [3.05, 3.63) is 21.9 Å². The van der Waals surface area contributed by atoms with Gasteiger partial charge in [-0.2, -0.15) is 0 Å². The fraction of sp³-hybridized carbons (Fsp3) is 0.500. The van der Waals surface area contributed by atoms with Crippen molar-refractivity contribution in [1.82, 2.24) is 4.98 Å². The average molecular weight is 335 g/mol. The zero-order valence-corrected chi connectivity index (χ0v) is 13.2. The second kappa shape index (κ2) is 5.15. The Morgan fingerprint density at radius 1 is 1.44 bits per heavy atom. The molecule has 6 heteroatoms. The van der Waals surface area contributed by atoms with Crippen molar-refractivity contribution in [2.75, 3.05) is 5.32 Å². The van der Waals surface area contributed by atoms with Crippen molar-refractivity contribution in [2.45, 2.75) is 33.2 Å². The van der Waals surface area contributed by atoms with Gasteiger partial charge in [0.15, 0.2) is 0 Å². The molecule has 100 valence electrons. The third kappa shape index (κ3) is 3.22. The number of carbonyl (C=O) groups excluding carboxylic acids is 1. The second-order valence-corrected chi connectivity index (χ2v) is 6.51. The van der Waals surface area contributed by atoms with E-state index in [1.54, 1.807) is 19.9 Å². The van der Waals surface area contributed by atoms with Crippen LogP contribution < -0.4 is 11.1 Å². The Morgan fingerprint density at radius 2 is 2.00 bits per heavy atom. The maximum absolute atomic E-state index is 12.2. The van der Waals surface area contributed by atoms with Crippen LogP contribution in [0.25, 0.3) is 0 Å². The highest BCUT2D eigenvalue weighted by atomic mass is 79.9. The van der Waals surface area contributed by atoms with E-state index in [4.69, 9.17) is 17.3 Å². The summed E-state index contributed by atoms with van der Waals surface area (Å²) in [6.45, 7) is 7.26. The van der Waals surface area contributed by atoms with Gasteiger partial charge in [0.2, 0.25) is 5.91 Å². The molecule has 0 spiro atoms. The fourth-order valence-electron chi connectivity index (χ4n) is 1.07. The zero-order chi connectivity index (χ0) is 14.1. The van der Waals surface area contributed by atoms with Crippen molar-refractivity contribution in [2.24, 2.45) is 11.1 Å². The molecule has 0 saturated carbocycles. The number of anilines is 1. The molecule has 18 heavy (non-hydrogen) atoms. The van der Waals surface area contributed by atoms with E-state index in [0.717, 1.165) is 0 Å². The topological polar surface area (TPSA) is 68.0 Å². The van der Waals surface area contributed by atoms with Gasteiger partial charge in [-0.15, -0.1) is 0 Å². The van der Waals surface area contributed by atoms with Gasteiger partial charge < -0.3 is 11.1 Å². The van der Waals surface area contributed by atoms with Crippen LogP contribution in [0.2, 0.25) is 5.15 Å². The molecular formula is C12H17BrClN3O. The summed E-state index contributed by atoms with van der Waals surface area (Å²) in [4.78, 5) is 16.2. The molecule has 0 saturated heterocycles. The SMILES string of the molecule is CC(C)(N)C(C)(C)C(=O)Nc1cnc(Cl)c(Br)c1. The van der Waals surface area contributed by atoms with Gasteiger partial charge in [0.25, 0.3) is 0 Å². The molecule has 0 unspecified atom stereocenters. The van der Waals surface area contributed by atoms with Crippen LogP contribution in [0.5, 0.6) is 0 Å². The third-order valence-electron chi connectivity index (χ3n) is 3.23. The van der Waals surface area contributed by atoms with Crippen molar-refractivity contribution >= 4 is 39.1 Å². The van der Waals surface area contributed by atoms with E-state index in [-0.39, 0.29) is 5.91 Å². The molecule has 0 aliphatic heterocycles. The monoisotopic (exact) mass is 333 g/mol. The molecule has 1 amide bonds. The summed E-state index contributed by atoms with van der Waals surface area (Å²) >= 11 is 9.04. The van der Waals surface area contributed by atoms with Gasteiger partial charge in [-0.05, 0) is 49.7 Å². The quantitative estimate of drug-likeness (QED) is 0.834. The molecule has 0 aromatic carbocycles. The number of aromatic nitrogens is 1. The first-order valence-corrected chi connectivity index (χ1v) is 6.64. The van der Waals surface area contributed by atoms with Crippen LogP contribution in [-0.2, 0) is 4.79 Å². The molecule has 1 rings (SSSR count). The maximum atomic E-state index is 12.2. The minimum absolute atomic E-state index is 0.161. The maximum Gasteiger partial charge on any atom is 0.231 e. The van der Waals surface area contributed by atoms with E-state index in [1.807, 2.05) is 13.8 Å². The zero-order valence-electron chi connectivity index (χ0n) is 10.8. The largest absolute Gasteiger partial charge is 0.325 e. The summed E-state index contributed by atoms with van der Waals surface area (Å²) in [6.07, 6.45) is 1.50. The van der Waals surface area contributed by atoms with Gasteiger partial charge in [-0.1, -0.05) is 11.6 Å². The van der Waals surface area contributed by atoms with Crippen LogP contribution in [0, 0.1) is 5.41 Å². The molecule has 0 atom stereocenters. The molecule has 0 aliphatic carbocycles. The summed E-state index contributed by atoms with van der Waals surface area (Å²) in [6, 6.07) is 1.70. The smallest absolute Gasteiger partial charge is 0.231 e. The summed E-state index contributed by atoms with van der Waals surface area (Å²) in [7, 11) is 0. The van der Waals surface area contributed by atoms with E-state index >= 15 is 0 Å². The number of amides is 1. The molecule has 1 heterocycles. The highest BCUT2D eigenvalue weighted by Gasteiger charge is 2.40. The summed E-state index contributed by atoms with van der Waals surface area (Å²) in [5.41, 5.74) is 5.25. The minimum Gasteiger partial charge on any atom is -0.325 e. The van der Waals surface area contributed by atoms with Gasteiger partial charge in [-0.3, -0.25) is 4.79 Å². The Bertz CT molecular complexity index is 469. The van der Waals surface area contributed by atoms with Gasteiger partial charge in [-0.25, -0.2) is 4.98 Å². The Labute approximate surface area is 120 Å². The number of carbonyl (C=O) groups is 1. The number of hydrogen-bond donors (Lipinski definition) is 2. The number of nitrogens with one attached hydrogen (secondary N) is 1. The Kier molecular flexibility index (Phi) is 4.41. The number of nitrogens with zero attached hydrogens (tertiary/aromatic N) is 1. The molecule has 0 fully saturated rings. The summed E-state index contributed by atoms with van der Waals surface area (Å²) < 4.78 is 0.631. The number of nitrogens with two attached hydrogens (primary N) is 1. The molecule has 0 aliphatic rings. The first kappa shape index (κ1) is 15.4. The van der Waals surface area contributed by atoms with Crippen LogP contribution in [0.1, 0.15) is 27.7 Å². The Morgan fingerprint density at radius 3 is 2.44 bits per heavy atom. The number of halogens is 2. The predicted molar refractivity (Wildman–Crippen MR) is 77.6 cm³/mol. The lowest BCUT2D eigenvalue weighted by molar-refractivity contribution is -0.126. The lowest BCUT2D eigenvalue weighted by Gasteiger charge is -2.36. The number of pyridine rings is 1. The first-order chi connectivity index (χ1) is 8.05. The molecular weight excluding hydrogens is 318 g/mol. The van der Waals surface area contributed by atoms with Gasteiger partial charge in [0, 0.05) is 5.54 Å². The first-order valence-electron chi connectivity index (χ1n) is 5.47. The van der Waals surface area contributed by atoms with Gasteiger partial charge in [0.05, 0.1) is 21.8 Å². The van der Waals surface area contributed by atoms with E-state index in [2.05, 4.69) is 26.2 Å². The van der Waals surface area contributed by atoms with Gasteiger partial charge in [0.1, 0.15) is 5.15 Å². The average Bonchev–Trinajstić information content (AvgIpc) is 2.21. The molecule has 4 nitrogen and oxygen atoms in total. The van der Waals surface area contributed by atoms with E-state index < -0.39 is 11.0 Å². The summed E-state index contributed by atoms with van der Waals surface area (Å²) in [5.74, 6) is -0.161. The van der Waals surface area contributed by atoms with Crippen LogP contribution >= 0.6 is 27.5 Å². The highest BCUT2D eigenvalue weighted by Crippen LogP contribution is 2.30. The number of hydrogen-bond acceptors (Lipinski definition) is 3. The van der Waals surface area contributed by atoms with Gasteiger partial charge >= 0.3 is 0 Å². The lowest BCUT2D eigenvalue weighted by atomic mass is 9.74. The lowest BCUT2D eigenvalue weighted by Crippen LogP contribution is -2.53. The van der Waals surface area contributed by atoms with Crippen LogP contribution in [0.15, 0.2) is 16.7 Å². The molecule has 3 N–H and O–H groups in total. The van der Waals surface area contributed by atoms with E-state index in [0.29, 0.717) is 15.3 Å². The molecule has 1 aromatic heterocycles. The Balaban J connectivity index is 2.91. The third-order valence-corrected chi connectivity index (χ3v) is 4.37. The Hall–Kier alpha value is -0.650. The van der Waals surface area contributed by atoms with E-state index in [9.17, 15) is 4.79 Å². The van der Waals surface area contributed by atoms with E-state index in [1.165, 1.54) is 6.20 Å². The van der Waals surface area contributed by atoms with Crippen LogP contribution in [-0.4, -0.2) is 16.4 Å². The fourth-order valence-corrected chi connectivity index (χ4v) is 1.52. The standard InChI is InChI=1S/C12H17BrClN3O/c1-11(2,12(3,4)15)10(18)17-7-5-8(13)9(14)16-6-7/h5-6H,15H2,1-4H3,(H,17,18). The summed E-state index contributed by atoms with van der Waals surface area (Å²) in [5, 5.41) is 3.14. The predicted octanol–water partition coefficient (Wildman–Crippen LogP) is 3.20. The number of rotatable bonds is 3. The van der Waals surface area contributed by atoms with Crippen molar-refractivity contribution < 1.29 is 4.79 Å².